The molecule has 2 aromatic carbocycles. The van der Waals surface area contributed by atoms with E-state index in [1.807, 2.05) is 39.2 Å². The van der Waals surface area contributed by atoms with Gasteiger partial charge in [-0.15, -0.1) is 0 Å². The SMILES string of the molecule is CC(=O)N1c2ccc(-c3ccc(CN(C)C)cc3)cc2[C@@H](OC(N)=O)C[C@H]1C. The van der Waals surface area contributed by atoms with Gasteiger partial charge >= 0.3 is 6.09 Å². The molecule has 1 aliphatic heterocycles. The van der Waals surface area contributed by atoms with Crippen molar-refractivity contribution in [3.63, 3.8) is 0 Å². The predicted octanol–water partition coefficient (Wildman–Crippen LogP) is 3.70. The van der Waals surface area contributed by atoms with Crippen LogP contribution in [0.1, 0.15) is 37.5 Å². The van der Waals surface area contributed by atoms with Crippen LogP contribution in [-0.2, 0) is 16.1 Å². The molecule has 6 nitrogen and oxygen atoms in total. The van der Waals surface area contributed by atoms with Crippen molar-refractivity contribution >= 4 is 17.7 Å². The molecule has 0 saturated carbocycles. The van der Waals surface area contributed by atoms with Gasteiger partial charge in [0.2, 0.25) is 5.91 Å². The molecule has 2 aromatic rings. The average molecular weight is 381 g/mol. The molecule has 1 heterocycles. The van der Waals surface area contributed by atoms with Crippen molar-refractivity contribution in [2.45, 2.75) is 39.0 Å². The number of hydrogen-bond acceptors (Lipinski definition) is 4. The number of amides is 2. The lowest BCUT2D eigenvalue weighted by molar-refractivity contribution is -0.117. The largest absolute Gasteiger partial charge is 0.441 e. The lowest BCUT2D eigenvalue weighted by atomic mass is 9.90. The molecule has 0 radical (unpaired) electrons. The molecule has 0 aromatic heterocycles. The summed E-state index contributed by atoms with van der Waals surface area (Å²) in [6, 6.07) is 14.2. The quantitative estimate of drug-likeness (QED) is 0.876. The number of anilines is 1. The average Bonchev–Trinajstić information content (AvgIpc) is 2.61. The van der Waals surface area contributed by atoms with Crippen LogP contribution in [0.4, 0.5) is 10.5 Å². The third-order valence-electron chi connectivity index (χ3n) is 5.01. The van der Waals surface area contributed by atoms with Gasteiger partial charge in [0.25, 0.3) is 0 Å². The summed E-state index contributed by atoms with van der Waals surface area (Å²) in [6.07, 6.45) is -0.760. The highest BCUT2D eigenvalue weighted by atomic mass is 16.6. The maximum Gasteiger partial charge on any atom is 0.405 e. The van der Waals surface area contributed by atoms with Crippen LogP contribution in [0.15, 0.2) is 42.5 Å². The summed E-state index contributed by atoms with van der Waals surface area (Å²) in [5, 5.41) is 0. The van der Waals surface area contributed by atoms with Crippen LogP contribution in [0, 0.1) is 0 Å². The highest BCUT2D eigenvalue weighted by Crippen LogP contribution is 2.41. The molecular formula is C22H27N3O3. The summed E-state index contributed by atoms with van der Waals surface area (Å²) < 4.78 is 5.37. The Morgan fingerprint density at radius 2 is 1.79 bits per heavy atom. The Labute approximate surface area is 165 Å². The van der Waals surface area contributed by atoms with E-state index in [-0.39, 0.29) is 11.9 Å². The van der Waals surface area contributed by atoms with Crippen LogP contribution in [0.25, 0.3) is 11.1 Å². The second kappa shape index (κ2) is 8.02. The van der Waals surface area contributed by atoms with Gasteiger partial charge in [0.05, 0.1) is 5.69 Å². The first-order valence-electron chi connectivity index (χ1n) is 9.40. The van der Waals surface area contributed by atoms with Crippen LogP contribution in [0.5, 0.6) is 0 Å². The van der Waals surface area contributed by atoms with Crippen molar-refractivity contribution < 1.29 is 14.3 Å². The first kappa shape index (κ1) is 19.9. The summed E-state index contributed by atoms with van der Waals surface area (Å²) in [5.41, 5.74) is 10.2. The van der Waals surface area contributed by atoms with Gasteiger partial charge in [-0.1, -0.05) is 30.3 Å². The lowest BCUT2D eigenvalue weighted by Crippen LogP contribution is -2.42. The van der Waals surface area contributed by atoms with Gasteiger partial charge in [0, 0.05) is 31.5 Å². The molecular weight excluding hydrogens is 354 g/mol. The van der Waals surface area contributed by atoms with E-state index >= 15 is 0 Å². The smallest absolute Gasteiger partial charge is 0.405 e. The first-order chi connectivity index (χ1) is 13.3. The highest BCUT2D eigenvalue weighted by Gasteiger charge is 2.34. The third-order valence-corrected chi connectivity index (χ3v) is 5.01. The second-order valence-electron chi connectivity index (χ2n) is 7.61. The van der Waals surface area contributed by atoms with Crippen molar-refractivity contribution in [2.75, 3.05) is 19.0 Å². The van der Waals surface area contributed by atoms with E-state index in [2.05, 4.69) is 29.2 Å². The summed E-state index contributed by atoms with van der Waals surface area (Å²) in [6.45, 7) is 4.37. The minimum absolute atomic E-state index is 0.0351. The number of carbonyl (C=O) groups is 2. The van der Waals surface area contributed by atoms with Crippen LogP contribution >= 0.6 is 0 Å². The fraction of sp³-hybridized carbons (Fsp3) is 0.364. The summed E-state index contributed by atoms with van der Waals surface area (Å²) in [7, 11) is 4.08. The molecule has 1 aliphatic rings. The van der Waals surface area contributed by atoms with Gasteiger partial charge in [0.15, 0.2) is 0 Å². The number of ether oxygens (including phenoxy) is 1. The molecule has 0 bridgehead atoms. The van der Waals surface area contributed by atoms with E-state index < -0.39 is 12.2 Å². The number of carbonyl (C=O) groups excluding carboxylic acids is 2. The Hall–Kier alpha value is -2.86. The van der Waals surface area contributed by atoms with Gasteiger partial charge < -0.3 is 20.3 Å². The van der Waals surface area contributed by atoms with Gasteiger partial charge in [-0.25, -0.2) is 4.79 Å². The molecule has 0 fully saturated rings. The molecule has 6 heteroatoms. The summed E-state index contributed by atoms with van der Waals surface area (Å²) in [4.78, 5) is 27.4. The van der Waals surface area contributed by atoms with Crippen molar-refractivity contribution in [1.29, 1.82) is 0 Å². The Balaban J connectivity index is 2.00. The van der Waals surface area contributed by atoms with E-state index in [1.165, 1.54) is 5.56 Å². The van der Waals surface area contributed by atoms with E-state index in [0.29, 0.717) is 6.42 Å². The molecule has 2 amide bonds. The normalized spacial score (nSPS) is 18.7. The maximum atomic E-state index is 12.2. The van der Waals surface area contributed by atoms with Gasteiger partial charge in [-0.3, -0.25) is 4.79 Å². The van der Waals surface area contributed by atoms with Gasteiger partial charge in [-0.2, -0.15) is 0 Å². The molecule has 28 heavy (non-hydrogen) atoms. The minimum Gasteiger partial charge on any atom is -0.441 e. The number of benzene rings is 2. The van der Waals surface area contributed by atoms with Crippen molar-refractivity contribution in [1.82, 2.24) is 4.90 Å². The van der Waals surface area contributed by atoms with Crippen molar-refractivity contribution in [2.24, 2.45) is 5.73 Å². The Kier molecular flexibility index (Phi) is 5.70. The lowest BCUT2D eigenvalue weighted by Gasteiger charge is -2.38. The van der Waals surface area contributed by atoms with Crippen LogP contribution in [0.2, 0.25) is 0 Å². The van der Waals surface area contributed by atoms with E-state index in [1.54, 1.807) is 11.8 Å². The number of rotatable bonds is 4. The van der Waals surface area contributed by atoms with Gasteiger partial charge in [0.1, 0.15) is 6.10 Å². The zero-order chi connectivity index (χ0) is 20.4. The monoisotopic (exact) mass is 381 g/mol. The molecule has 0 saturated heterocycles. The van der Waals surface area contributed by atoms with Crippen molar-refractivity contribution in [3.05, 3.63) is 53.6 Å². The molecule has 0 aliphatic carbocycles. The number of nitrogens with zero attached hydrogens (tertiary/aromatic N) is 2. The first-order valence-corrected chi connectivity index (χ1v) is 9.40. The molecule has 148 valence electrons. The number of hydrogen-bond donors (Lipinski definition) is 1. The van der Waals surface area contributed by atoms with Crippen LogP contribution in [0.3, 0.4) is 0 Å². The fourth-order valence-electron chi connectivity index (χ4n) is 3.89. The van der Waals surface area contributed by atoms with E-state index in [0.717, 1.165) is 28.9 Å². The third kappa shape index (κ3) is 4.17. The van der Waals surface area contributed by atoms with Crippen LogP contribution < -0.4 is 10.6 Å². The standard InChI is InChI=1S/C22H27N3O3/c1-14-11-21(28-22(23)27)19-12-18(9-10-20(19)25(14)15(2)26)17-7-5-16(6-8-17)13-24(3)4/h5-10,12,14,21H,11,13H2,1-4H3,(H2,23,27)/t14-,21+/m1/s1. The van der Waals surface area contributed by atoms with Gasteiger partial charge in [-0.05, 0) is 49.8 Å². The fourth-order valence-corrected chi connectivity index (χ4v) is 3.89. The molecule has 0 unspecified atom stereocenters. The summed E-state index contributed by atoms with van der Waals surface area (Å²) >= 11 is 0. The number of primary amides is 1. The number of nitrogens with two attached hydrogens (primary N) is 1. The Morgan fingerprint density at radius 3 is 2.36 bits per heavy atom. The van der Waals surface area contributed by atoms with E-state index in [4.69, 9.17) is 10.5 Å². The molecule has 0 spiro atoms. The molecule has 3 rings (SSSR count). The number of fused-ring (bicyclic) bond motifs is 1. The van der Waals surface area contributed by atoms with Crippen molar-refractivity contribution in [3.8, 4) is 11.1 Å². The Bertz CT molecular complexity index is 877. The zero-order valence-corrected chi connectivity index (χ0v) is 16.8. The zero-order valence-electron chi connectivity index (χ0n) is 16.8. The predicted molar refractivity (Wildman–Crippen MR) is 110 cm³/mol. The summed E-state index contributed by atoms with van der Waals surface area (Å²) in [5.74, 6) is -0.0351. The second-order valence-corrected chi connectivity index (χ2v) is 7.61. The van der Waals surface area contributed by atoms with E-state index in [9.17, 15) is 9.59 Å². The van der Waals surface area contributed by atoms with Crippen LogP contribution in [-0.4, -0.2) is 37.0 Å². The highest BCUT2D eigenvalue weighted by molar-refractivity contribution is 5.94. The maximum absolute atomic E-state index is 12.2. The minimum atomic E-state index is -0.808. The topological polar surface area (TPSA) is 75.9 Å². The molecule has 2 atom stereocenters. The molecule has 2 N–H and O–H groups in total. The Morgan fingerprint density at radius 1 is 1.14 bits per heavy atom.